The number of rotatable bonds is 4. The number of carbonyl (C=O) groups is 1. The van der Waals surface area contributed by atoms with Crippen LogP contribution in [0.4, 0.5) is 24.7 Å². The SMILES string of the molecule is O=C(On1ccnn1)c1ccc(C(F)(F)F)nc1Nc1ccc(Br)cc1. The maximum absolute atomic E-state index is 13.0. The highest BCUT2D eigenvalue weighted by Crippen LogP contribution is 2.30. The van der Waals surface area contributed by atoms with Crippen LogP contribution in [0.1, 0.15) is 16.1 Å². The van der Waals surface area contributed by atoms with Gasteiger partial charge >= 0.3 is 12.1 Å². The zero-order valence-electron chi connectivity index (χ0n) is 12.7. The molecule has 1 N–H and O–H groups in total. The summed E-state index contributed by atoms with van der Waals surface area (Å²) in [5.41, 5.74) is -0.902. The van der Waals surface area contributed by atoms with Crippen LogP contribution in [-0.4, -0.2) is 26.1 Å². The van der Waals surface area contributed by atoms with Crippen molar-refractivity contribution in [1.82, 2.24) is 20.1 Å². The Bertz CT molecular complexity index is 914. The van der Waals surface area contributed by atoms with Crippen LogP contribution in [-0.2, 0) is 6.18 Å². The Morgan fingerprint density at radius 2 is 1.88 bits per heavy atom. The summed E-state index contributed by atoms with van der Waals surface area (Å²) in [4.78, 5) is 21.5. The first kappa shape index (κ1) is 17.9. The average molecular weight is 428 g/mol. The summed E-state index contributed by atoms with van der Waals surface area (Å²) < 4.78 is 39.7. The Morgan fingerprint density at radius 3 is 2.50 bits per heavy atom. The van der Waals surface area contributed by atoms with Gasteiger partial charge in [-0.3, -0.25) is 0 Å². The van der Waals surface area contributed by atoms with E-state index in [0.717, 1.165) is 15.4 Å². The minimum Gasteiger partial charge on any atom is -0.339 e. The summed E-state index contributed by atoms with van der Waals surface area (Å²) >= 11 is 3.26. The van der Waals surface area contributed by atoms with Gasteiger partial charge in [0.05, 0.1) is 12.4 Å². The lowest BCUT2D eigenvalue weighted by atomic mass is 10.2. The predicted octanol–water partition coefficient (Wildman–Crippen LogP) is 3.47. The number of benzene rings is 1. The van der Waals surface area contributed by atoms with Crippen LogP contribution in [0, 0.1) is 0 Å². The van der Waals surface area contributed by atoms with E-state index in [0.29, 0.717) is 11.8 Å². The minimum absolute atomic E-state index is 0.198. The lowest BCUT2D eigenvalue weighted by Crippen LogP contribution is -2.22. The van der Waals surface area contributed by atoms with E-state index >= 15 is 0 Å². The van der Waals surface area contributed by atoms with Crippen molar-refractivity contribution in [2.45, 2.75) is 6.18 Å². The fourth-order valence-electron chi connectivity index (χ4n) is 1.93. The number of nitrogens with zero attached hydrogens (tertiary/aromatic N) is 4. The number of aromatic nitrogens is 4. The molecule has 0 aliphatic heterocycles. The van der Waals surface area contributed by atoms with Crippen molar-refractivity contribution < 1.29 is 22.8 Å². The highest BCUT2D eigenvalue weighted by molar-refractivity contribution is 9.10. The number of carbonyl (C=O) groups excluding carboxylic acids is 1. The largest absolute Gasteiger partial charge is 0.433 e. The van der Waals surface area contributed by atoms with Gasteiger partial charge in [0.25, 0.3) is 0 Å². The average Bonchev–Trinajstić information content (AvgIpc) is 3.09. The van der Waals surface area contributed by atoms with Gasteiger partial charge in [-0.25, -0.2) is 9.78 Å². The van der Waals surface area contributed by atoms with Crippen LogP contribution >= 0.6 is 15.9 Å². The van der Waals surface area contributed by atoms with E-state index in [1.165, 1.54) is 12.4 Å². The molecule has 0 saturated carbocycles. The molecule has 2 aromatic heterocycles. The molecule has 0 radical (unpaired) electrons. The Labute approximate surface area is 152 Å². The van der Waals surface area contributed by atoms with Crippen LogP contribution in [0.25, 0.3) is 0 Å². The van der Waals surface area contributed by atoms with Crippen molar-refractivity contribution in [1.29, 1.82) is 0 Å². The Balaban J connectivity index is 1.96. The van der Waals surface area contributed by atoms with Crippen molar-refractivity contribution in [2.24, 2.45) is 0 Å². The van der Waals surface area contributed by atoms with E-state index in [1.807, 2.05) is 0 Å². The summed E-state index contributed by atoms with van der Waals surface area (Å²) in [7, 11) is 0. The van der Waals surface area contributed by atoms with E-state index in [1.54, 1.807) is 24.3 Å². The fraction of sp³-hybridized carbons (Fsp3) is 0.0667. The normalized spacial score (nSPS) is 11.2. The van der Waals surface area contributed by atoms with Crippen molar-refractivity contribution >= 4 is 33.4 Å². The molecule has 2 heterocycles. The number of alkyl halides is 3. The number of pyridine rings is 1. The van der Waals surface area contributed by atoms with E-state index < -0.39 is 17.8 Å². The highest BCUT2D eigenvalue weighted by atomic mass is 79.9. The number of anilines is 2. The van der Waals surface area contributed by atoms with Crippen molar-refractivity contribution in [3.63, 3.8) is 0 Å². The number of hydrogen-bond acceptors (Lipinski definition) is 6. The Hall–Kier alpha value is -2.95. The second kappa shape index (κ2) is 7.12. The summed E-state index contributed by atoms with van der Waals surface area (Å²) in [6, 6.07) is 8.27. The molecule has 0 amide bonds. The molecule has 3 rings (SSSR count). The third kappa shape index (κ3) is 4.17. The fourth-order valence-corrected chi connectivity index (χ4v) is 2.19. The molecule has 26 heavy (non-hydrogen) atoms. The van der Waals surface area contributed by atoms with Gasteiger partial charge in [-0.1, -0.05) is 20.8 Å². The highest BCUT2D eigenvalue weighted by Gasteiger charge is 2.34. The zero-order valence-corrected chi connectivity index (χ0v) is 14.3. The maximum atomic E-state index is 13.0. The predicted molar refractivity (Wildman–Crippen MR) is 87.6 cm³/mol. The van der Waals surface area contributed by atoms with Crippen LogP contribution in [0.5, 0.6) is 0 Å². The Morgan fingerprint density at radius 1 is 1.15 bits per heavy atom. The summed E-state index contributed by atoms with van der Waals surface area (Å²) in [6.45, 7) is 0. The van der Waals surface area contributed by atoms with Gasteiger partial charge in [0.15, 0.2) is 0 Å². The summed E-state index contributed by atoms with van der Waals surface area (Å²) in [6.07, 6.45) is -2.12. The molecule has 11 heteroatoms. The molecule has 7 nitrogen and oxygen atoms in total. The lowest BCUT2D eigenvalue weighted by Gasteiger charge is -2.13. The molecule has 0 spiro atoms. The minimum atomic E-state index is -4.66. The smallest absolute Gasteiger partial charge is 0.339 e. The van der Waals surface area contributed by atoms with Crippen molar-refractivity contribution in [3.05, 3.63) is 64.5 Å². The lowest BCUT2D eigenvalue weighted by molar-refractivity contribution is -0.141. The summed E-state index contributed by atoms with van der Waals surface area (Å²) in [5, 5.41) is 9.62. The van der Waals surface area contributed by atoms with Gasteiger partial charge in [0.2, 0.25) is 0 Å². The second-order valence-electron chi connectivity index (χ2n) is 4.91. The van der Waals surface area contributed by atoms with Gasteiger partial charge in [-0.15, -0.1) is 5.10 Å². The number of hydrogen-bond donors (Lipinski definition) is 1. The molecule has 3 aromatic rings. The monoisotopic (exact) mass is 427 g/mol. The molecule has 0 aliphatic rings. The first-order valence-electron chi connectivity index (χ1n) is 7.03. The van der Waals surface area contributed by atoms with Crippen LogP contribution in [0.15, 0.2) is 53.3 Å². The quantitative estimate of drug-likeness (QED) is 0.642. The molecule has 0 saturated heterocycles. The first-order valence-corrected chi connectivity index (χ1v) is 7.82. The molecule has 1 aromatic carbocycles. The first-order chi connectivity index (χ1) is 12.3. The molecule has 0 aliphatic carbocycles. The number of halogens is 4. The van der Waals surface area contributed by atoms with Gasteiger partial charge in [0.1, 0.15) is 17.1 Å². The molecule has 0 unspecified atom stereocenters. The zero-order chi connectivity index (χ0) is 18.7. The molecular formula is C15H9BrF3N5O2. The van der Waals surface area contributed by atoms with E-state index in [2.05, 4.69) is 36.5 Å². The summed E-state index contributed by atoms with van der Waals surface area (Å²) in [5.74, 6) is -1.25. The molecular weight excluding hydrogens is 419 g/mol. The van der Waals surface area contributed by atoms with Gasteiger partial charge in [-0.05, 0) is 41.6 Å². The van der Waals surface area contributed by atoms with Crippen molar-refractivity contribution in [2.75, 3.05) is 5.32 Å². The number of nitrogens with one attached hydrogen (secondary N) is 1. The van der Waals surface area contributed by atoms with E-state index in [9.17, 15) is 18.0 Å². The van der Waals surface area contributed by atoms with Gasteiger partial charge < -0.3 is 10.2 Å². The molecule has 0 atom stereocenters. The maximum Gasteiger partial charge on any atom is 0.433 e. The molecule has 0 bridgehead atoms. The third-order valence-corrected chi connectivity index (χ3v) is 3.62. The molecule has 134 valence electrons. The Kier molecular flexibility index (Phi) is 4.89. The van der Waals surface area contributed by atoms with E-state index in [-0.39, 0.29) is 11.4 Å². The van der Waals surface area contributed by atoms with Crippen LogP contribution in [0.3, 0.4) is 0 Å². The topological polar surface area (TPSA) is 81.9 Å². The van der Waals surface area contributed by atoms with Crippen LogP contribution in [0.2, 0.25) is 0 Å². The van der Waals surface area contributed by atoms with Gasteiger partial charge in [0, 0.05) is 10.2 Å². The van der Waals surface area contributed by atoms with Crippen molar-refractivity contribution in [3.8, 4) is 0 Å². The van der Waals surface area contributed by atoms with Gasteiger partial charge in [-0.2, -0.15) is 13.2 Å². The van der Waals surface area contributed by atoms with Crippen LogP contribution < -0.4 is 10.2 Å². The molecule has 0 fully saturated rings. The standard InChI is InChI=1S/C15H9BrF3N5O2/c16-9-1-3-10(4-2-9)21-13-11(5-6-12(22-13)15(17,18)19)14(25)26-24-8-7-20-23-24/h1-8H,(H,21,22). The van der Waals surface area contributed by atoms with E-state index in [4.69, 9.17) is 4.84 Å². The second-order valence-corrected chi connectivity index (χ2v) is 5.82. The third-order valence-electron chi connectivity index (χ3n) is 3.09.